The summed E-state index contributed by atoms with van der Waals surface area (Å²) in [5.74, 6) is -4.59. The molecule has 2 heterocycles. The molecule has 5 rings (SSSR count). The molecule has 7 nitrogen and oxygen atoms in total. The number of hydrogen-bond acceptors (Lipinski definition) is 4. The van der Waals surface area contributed by atoms with Gasteiger partial charge in [0.25, 0.3) is 17.7 Å². The molecule has 0 aromatic heterocycles. The third kappa shape index (κ3) is 4.51. The maximum Gasteiger partial charge on any atom is 0.416 e. The van der Waals surface area contributed by atoms with Crippen LogP contribution in [-0.2, 0) is 6.18 Å². The van der Waals surface area contributed by atoms with E-state index in [9.17, 15) is 36.3 Å². The van der Waals surface area contributed by atoms with Crippen LogP contribution in [0.3, 0.4) is 0 Å². The lowest BCUT2D eigenvalue weighted by Crippen LogP contribution is -2.24. The van der Waals surface area contributed by atoms with Gasteiger partial charge in [-0.3, -0.25) is 14.4 Å². The molecular weight excluding hydrogens is 537 g/mol. The van der Waals surface area contributed by atoms with Crippen LogP contribution in [0.25, 0.3) is 0 Å². The molecule has 3 aromatic rings. The number of alkyl halides is 3. The van der Waals surface area contributed by atoms with Crippen LogP contribution in [-0.4, -0.2) is 30.9 Å². The molecule has 0 aliphatic carbocycles. The molecule has 0 radical (unpaired) electrons. The number of ether oxygens (including phenoxy) is 1. The third-order valence-electron chi connectivity index (χ3n) is 5.99. The molecule has 1 atom stereocenters. The van der Waals surface area contributed by atoms with Crippen molar-refractivity contribution in [3.05, 3.63) is 92.5 Å². The minimum absolute atomic E-state index is 0.0130. The molecule has 3 amide bonds. The van der Waals surface area contributed by atoms with Gasteiger partial charge < -0.3 is 20.7 Å². The average Bonchev–Trinajstić information content (AvgIpc) is 3.09. The van der Waals surface area contributed by atoms with E-state index in [0.717, 1.165) is 12.1 Å². The first-order valence-corrected chi connectivity index (χ1v) is 11.4. The van der Waals surface area contributed by atoms with Crippen LogP contribution in [0.2, 0.25) is 5.02 Å². The van der Waals surface area contributed by atoms with Crippen LogP contribution in [0.15, 0.2) is 42.5 Å². The van der Waals surface area contributed by atoms with Crippen molar-refractivity contribution >= 4 is 35.0 Å². The highest BCUT2D eigenvalue weighted by molar-refractivity contribution is 6.31. The monoisotopic (exact) mass is 551 g/mol. The Bertz CT molecular complexity index is 1530. The first-order valence-electron chi connectivity index (χ1n) is 11.0. The third-order valence-corrected chi connectivity index (χ3v) is 6.34. The summed E-state index contributed by atoms with van der Waals surface area (Å²) in [7, 11) is 0. The van der Waals surface area contributed by atoms with Crippen LogP contribution < -0.4 is 20.7 Å². The predicted molar refractivity (Wildman–Crippen MR) is 124 cm³/mol. The van der Waals surface area contributed by atoms with Crippen molar-refractivity contribution in [1.82, 2.24) is 10.6 Å². The van der Waals surface area contributed by atoms with Gasteiger partial charge in [0, 0.05) is 27.4 Å². The van der Waals surface area contributed by atoms with Crippen LogP contribution >= 0.6 is 11.6 Å². The van der Waals surface area contributed by atoms with Crippen molar-refractivity contribution in [2.24, 2.45) is 0 Å². The minimum atomic E-state index is -4.92. The van der Waals surface area contributed by atoms with E-state index in [1.165, 1.54) is 12.1 Å². The molecule has 2 aliphatic rings. The van der Waals surface area contributed by atoms with Crippen molar-refractivity contribution < 1.29 is 41.1 Å². The van der Waals surface area contributed by atoms with Crippen molar-refractivity contribution in [3.8, 4) is 5.75 Å². The fourth-order valence-electron chi connectivity index (χ4n) is 4.36. The Morgan fingerprint density at radius 3 is 2.53 bits per heavy atom. The summed E-state index contributed by atoms with van der Waals surface area (Å²) in [5.41, 5.74) is -2.36. The highest BCUT2D eigenvalue weighted by Gasteiger charge is 2.40. The van der Waals surface area contributed by atoms with Gasteiger partial charge in [0.15, 0.2) is 0 Å². The number of anilines is 1. The summed E-state index contributed by atoms with van der Waals surface area (Å²) >= 11 is 6.27. The lowest BCUT2D eigenvalue weighted by molar-refractivity contribution is -0.137. The number of carbonyl (C=O) groups excluding carboxylic acids is 3. The van der Waals surface area contributed by atoms with Gasteiger partial charge in [0.05, 0.1) is 29.3 Å². The van der Waals surface area contributed by atoms with E-state index in [-0.39, 0.29) is 57.9 Å². The normalized spacial score (nSPS) is 16.5. The molecule has 38 heavy (non-hydrogen) atoms. The molecule has 0 saturated heterocycles. The molecular formula is C25H15ClF5N3O4. The number of benzene rings is 3. The number of nitrogens with one attached hydrogen (secondary N) is 3. The zero-order chi connectivity index (χ0) is 27.4. The van der Waals surface area contributed by atoms with Crippen molar-refractivity contribution in [1.29, 1.82) is 0 Å². The van der Waals surface area contributed by atoms with Crippen molar-refractivity contribution in [2.45, 2.75) is 12.2 Å². The Morgan fingerprint density at radius 2 is 1.79 bits per heavy atom. The molecule has 0 spiro atoms. The fraction of sp³-hybridized carbons (Fsp3) is 0.160. The minimum Gasteiger partial charge on any atom is -0.490 e. The maximum absolute atomic E-state index is 14.1. The maximum atomic E-state index is 14.1. The van der Waals surface area contributed by atoms with Gasteiger partial charge in [0.2, 0.25) is 0 Å². The SMILES string of the molecule is O=C(Nc1cc2c(c3c1C(c1cc(F)ccc1Cl)NC3=O)OCCNC2=O)c1cc(F)cc(C(F)(F)F)c1. The zero-order valence-electron chi connectivity index (χ0n) is 18.9. The lowest BCUT2D eigenvalue weighted by Gasteiger charge is -2.20. The Kier molecular flexibility index (Phi) is 6.22. The Morgan fingerprint density at radius 1 is 1.03 bits per heavy atom. The average molecular weight is 552 g/mol. The lowest BCUT2D eigenvalue weighted by atomic mass is 9.93. The Balaban J connectivity index is 1.68. The zero-order valence-corrected chi connectivity index (χ0v) is 19.7. The summed E-state index contributed by atoms with van der Waals surface area (Å²) in [6, 6.07) is 4.77. The van der Waals surface area contributed by atoms with Gasteiger partial charge in [-0.25, -0.2) is 8.78 Å². The Labute approximate surface area is 215 Å². The van der Waals surface area contributed by atoms with Gasteiger partial charge in [-0.1, -0.05) is 11.6 Å². The predicted octanol–water partition coefficient (Wildman–Crippen LogP) is 4.84. The quantitative estimate of drug-likeness (QED) is 0.406. The van der Waals surface area contributed by atoms with E-state index in [2.05, 4.69) is 16.0 Å². The number of amides is 3. The summed E-state index contributed by atoms with van der Waals surface area (Å²) < 4.78 is 73.3. The van der Waals surface area contributed by atoms with E-state index >= 15 is 0 Å². The van der Waals surface area contributed by atoms with E-state index < -0.39 is 52.7 Å². The van der Waals surface area contributed by atoms with Gasteiger partial charge in [-0.15, -0.1) is 0 Å². The van der Waals surface area contributed by atoms with E-state index in [4.69, 9.17) is 16.3 Å². The molecule has 0 bridgehead atoms. The van der Waals surface area contributed by atoms with Gasteiger partial charge in [-0.2, -0.15) is 13.2 Å². The van der Waals surface area contributed by atoms with E-state index in [1.807, 2.05) is 0 Å². The van der Waals surface area contributed by atoms with E-state index in [1.54, 1.807) is 0 Å². The summed E-state index contributed by atoms with van der Waals surface area (Å²) in [4.78, 5) is 38.8. The standard InChI is InChI=1S/C25H15ClF5N3O4/c26-16-2-1-12(27)8-14(16)20-18-17(33-22(35)10-5-11(25(29,30)31)7-13(28)6-10)9-15-21(19(18)24(37)34-20)38-4-3-32-23(15)36/h1-2,5-9,20H,3-4H2,(H,32,36)(H,33,35)(H,34,37). The molecule has 196 valence electrons. The number of carbonyl (C=O) groups is 3. The first-order chi connectivity index (χ1) is 17.9. The summed E-state index contributed by atoms with van der Waals surface area (Å²) in [5, 5.41) is 7.61. The highest BCUT2D eigenvalue weighted by atomic mass is 35.5. The molecule has 0 saturated carbocycles. The van der Waals surface area contributed by atoms with Gasteiger partial charge >= 0.3 is 6.18 Å². The number of rotatable bonds is 3. The number of fused-ring (bicyclic) bond motifs is 3. The smallest absolute Gasteiger partial charge is 0.416 e. The fourth-order valence-corrected chi connectivity index (χ4v) is 4.59. The van der Waals surface area contributed by atoms with Crippen LogP contribution in [0.5, 0.6) is 5.75 Å². The number of hydrogen-bond donors (Lipinski definition) is 3. The largest absolute Gasteiger partial charge is 0.490 e. The second-order valence-electron chi connectivity index (χ2n) is 8.45. The number of halogens is 6. The molecule has 0 fully saturated rings. The molecule has 3 aromatic carbocycles. The van der Waals surface area contributed by atoms with Gasteiger partial charge in [0.1, 0.15) is 24.0 Å². The first kappa shape index (κ1) is 25.5. The van der Waals surface area contributed by atoms with Crippen molar-refractivity contribution in [2.75, 3.05) is 18.5 Å². The summed E-state index contributed by atoms with van der Waals surface area (Å²) in [6.07, 6.45) is -4.92. The van der Waals surface area contributed by atoms with Gasteiger partial charge in [-0.05, 0) is 42.5 Å². The molecule has 13 heteroatoms. The summed E-state index contributed by atoms with van der Waals surface area (Å²) in [6.45, 7) is 0.118. The van der Waals surface area contributed by atoms with Crippen molar-refractivity contribution in [3.63, 3.8) is 0 Å². The van der Waals surface area contributed by atoms with Crippen LogP contribution in [0, 0.1) is 11.6 Å². The second-order valence-corrected chi connectivity index (χ2v) is 8.85. The molecule has 1 unspecified atom stereocenters. The van der Waals surface area contributed by atoms with Crippen LogP contribution in [0.4, 0.5) is 27.6 Å². The highest BCUT2D eigenvalue weighted by Crippen LogP contribution is 2.45. The molecule has 3 N–H and O–H groups in total. The van der Waals surface area contributed by atoms with Crippen LogP contribution in [0.1, 0.15) is 53.8 Å². The van der Waals surface area contributed by atoms with E-state index in [0.29, 0.717) is 12.1 Å². The molecule has 2 aliphatic heterocycles. The topological polar surface area (TPSA) is 96.5 Å². The Hall–Kier alpha value is -4.19. The second kappa shape index (κ2) is 9.28.